The Labute approximate surface area is 115 Å². The predicted octanol–water partition coefficient (Wildman–Crippen LogP) is 1.41. The van der Waals surface area contributed by atoms with Crippen molar-refractivity contribution < 1.29 is 14.7 Å². The van der Waals surface area contributed by atoms with Gasteiger partial charge in [-0.2, -0.15) is 0 Å². The van der Waals surface area contributed by atoms with Crippen molar-refractivity contribution in [3.63, 3.8) is 0 Å². The first kappa shape index (κ1) is 13.7. The number of nitrogens with one attached hydrogen (secondary N) is 1. The fourth-order valence-electron chi connectivity index (χ4n) is 1.58. The summed E-state index contributed by atoms with van der Waals surface area (Å²) < 4.78 is 0. The lowest BCUT2D eigenvalue weighted by Gasteiger charge is -2.05. The highest BCUT2D eigenvalue weighted by Crippen LogP contribution is 2.03. The molecule has 2 aromatic heterocycles. The lowest BCUT2D eigenvalue weighted by molar-refractivity contribution is 0.0696. The summed E-state index contributed by atoms with van der Waals surface area (Å²) in [5, 5.41) is 11.5. The number of amides is 1. The second-order valence-electron chi connectivity index (χ2n) is 4.21. The van der Waals surface area contributed by atoms with Gasteiger partial charge in [0.2, 0.25) is 0 Å². The molecule has 0 radical (unpaired) electrons. The molecule has 6 nitrogen and oxygen atoms in total. The van der Waals surface area contributed by atoms with Gasteiger partial charge < -0.3 is 10.4 Å². The van der Waals surface area contributed by atoms with Crippen LogP contribution in [0, 0.1) is 6.92 Å². The van der Waals surface area contributed by atoms with Crippen molar-refractivity contribution in [1.82, 2.24) is 15.3 Å². The number of pyridine rings is 2. The van der Waals surface area contributed by atoms with Gasteiger partial charge in [0.1, 0.15) is 0 Å². The van der Waals surface area contributed by atoms with E-state index in [1.807, 2.05) is 6.92 Å². The van der Waals surface area contributed by atoms with Crippen molar-refractivity contribution in [3.8, 4) is 0 Å². The van der Waals surface area contributed by atoms with E-state index in [-0.39, 0.29) is 18.0 Å². The number of nitrogens with zero attached hydrogens (tertiary/aromatic N) is 2. The maximum Gasteiger partial charge on any atom is 0.335 e. The molecule has 20 heavy (non-hydrogen) atoms. The molecule has 0 aliphatic carbocycles. The van der Waals surface area contributed by atoms with Crippen LogP contribution in [-0.2, 0) is 6.54 Å². The Bertz CT molecular complexity index is 638. The van der Waals surface area contributed by atoms with Crippen LogP contribution < -0.4 is 5.32 Å². The summed E-state index contributed by atoms with van der Waals surface area (Å²) in [6.45, 7) is 2.00. The molecule has 2 heterocycles. The molecule has 0 aliphatic rings. The molecule has 0 unspecified atom stereocenters. The van der Waals surface area contributed by atoms with Crippen LogP contribution in [0.15, 0.2) is 36.7 Å². The largest absolute Gasteiger partial charge is 0.478 e. The first-order valence-corrected chi connectivity index (χ1v) is 5.95. The third kappa shape index (κ3) is 3.38. The van der Waals surface area contributed by atoms with E-state index in [9.17, 15) is 9.59 Å². The van der Waals surface area contributed by atoms with E-state index in [2.05, 4.69) is 15.3 Å². The van der Waals surface area contributed by atoms with Gasteiger partial charge in [0.25, 0.3) is 5.91 Å². The van der Waals surface area contributed by atoms with Gasteiger partial charge in [-0.3, -0.25) is 14.8 Å². The van der Waals surface area contributed by atoms with Crippen LogP contribution in [-0.4, -0.2) is 27.0 Å². The predicted molar refractivity (Wildman–Crippen MR) is 71.3 cm³/mol. The van der Waals surface area contributed by atoms with Crippen molar-refractivity contribution in [1.29, 1.82) is 0 Å². The minimum Gasteiger partial charge on any atom is -0.478 e. The summed E-state index contributed by atoms with van der Waals surface area (Å²) in [4.78, 5) is 30.7. The van der Waals surface area contributed by atoms with E-state index in [0.717, 1.165) is 5.69 Å². The lowest BCUT2D eigenvalue weighted by atomic mass is 10.2. The molecule has 2 aromatic rings. The van der Waals surface area contributed by atoms with Crippen LogP contribution in [0.1, 0.15) is 32.1 Å². The Hall–Kier alpha value is -2.76. The van der Waals surface area contributed by atoms with Gasteiger partial charge in [0.15, 0.2) is 0 Å². The first-order chi connectivity index (χ1) is 9.56. The number of carboxylic acids is 1. The SMILES string of the molecule is Cc1ccc(C(=O)NCc2cc(C(=O)O)ccn2)cn1. The second-order valence-corrected chi connectivity index (χ2v) is 4.21. The van der Waals surface area contributed by atoms with E-state index in [1.165, 1.54) is 24.5 Å². The number of hydrogen-bond acceptors (Lipinski definition) is 4. The molecule has 102 valence electrons. The molecule has 1 amide bonds. The maximum absolute atomic E-state index is 11.9. The van der Waals surface area contributed by atoms with Crippen LogP contribution >= 0.6 is 0 Å². The van der Waals surface area contributed by atoms with Gasteiger partial charge in [0.05, 0.1) is 23.4 Å². The van der Waals surface area contributed by atoms with E-state index < -0.39 is 5.97 Å². The summed E-state index contributed by atoms with van der Waals surface area (Å²) in [5.74, 6) is -1.30. The van der Waals surface area contributed by atoms with Crippen molar-refractivity contribution in [2.24, 2.45) is 0 Å². The zero-order chi connectivity index (χ0) is 14.5. The normalized spacial score (nSPS) is 10.1. The van der Waals surface area contributed by atoms with Crippen LogP contribution in [0.4, 0.5) is 0 Å². The van der Waals surface area contributed by atoms with Crippen molar-refractivity contribution >= 4 is 11.9 Å². The standard InChI is InChI=1S/C14H13N3O3/c1-9-2-3-11(7-16-9)13(18)17-8-12-6-10(14(19)20)4-5-15-12/h2-7H,8H2,1H3,(H,17,18)(H,19,20). The van der Waals surface area contributed by atoms with Crippen molar-refractivity contribution in [3.05, 3.63) is 59.2 Å². The molecule has 0 fully saturated rings. The minimum atomic E-state index is -1.03. The number of aromatic carboxylic acids is 1. The number of carbonyl (C=O) groups excluding carboxylic acids is 1. The number of carbonyl (C=O) groups is 2. The topological polar surface area (TPSA) is 92.2 Å². The zero-order valence-electron chi connectivity index (χ0n) is 10.8. The smallest absolute Gasteiger partial charge is 0.335 e. The summed E-state index contributed by atoms with van der Waals surface area (Å²) in [5.41, 5.74) is 1.90. The molecule has 0 atom stereocenters. The molecule has 0 aromatic carbocycles. The summed E-state index contributed by atoms with van der Waals surface area (Å²) in [7, 11) is 0. The van der Waals surface area contributed by atoms with Gasteiger partial charge in [-0.15, -0.1) is 0 Å². The Morgan fingerprint density at radius 3 is 2.65 bits per heavy atom. The third-order valence-electron chi connectivity index (χ3n) is 2.67. The second kappa shape index (κ2) is 5.92. The zero-order valence-corrected chi connectivity index (χ0v) is 10.8. The van der Waals surface area contributed by atoms with Crippen LogP contribution in [0.2, 0.25) is 0 Å². The Morgan fingerprint density at radius 1 is 1.20 bits per heavy atom. The molecular formula is C14H13N3O3. The summed E-state index contributed by atoms with van der Waals surface area (Å²) in [6.07, 6.45) is 2.89. The molecule has 0 saturated carbocycles. The number of hydrogen-bond donors (Lipinski definition) is 2. The van der Waals surface area contributed by atoms with Crippen LogP contribution in [0.5, 0.6) is 0 Å². The summed E-state index contributed by atoms with van der Waals surface area (Å²) in [6, 6.07) is 6.25. The average molecular weight is 271 g/mol. The Kier molecular flexibility index (Phi) is 4.05. The Morgan fingerprint density at radius 2 is 2.00 bits per heavy atom. The molecule has 0 bridgehead atoms. The molecule has 0 aliphatic heterocycles. The van der Waals surface area contributed by atoms with E-state index in [1.54, 1.807) is 12.1 Å². The lowest BCUT2D eigenvalue weighted by Crippen LogP contribution is -2.23. The molecule has 2 rings (SSSR count). The van der Waals surface area contributed by atoms with Crippen LogP contribution in [0.3, 0.4) is 0 Å². The van der Waals surface area contributed by atoms with Gasteiger partial charge in [-0.1, -0.05) is 0 Å². The number of carboxylic acid groups (broad SMARTS) is 1. The van der Waals surface area contributed by atoms with E-state index in [4.69, 9.17) is 5.11 Å². The minimum absolute atomic E-state index is 0.140. The molecule has 0 saturated heterocycles. The van der Waals surface area contributed by atoms with E-state index >= 15 is 0 Å². The molecule has 6 heteroatoms. The van der Waals surface area contributed by atoms with Crippen molar-refractivity contribution in [2.45, 2.75) is 13.5 Å². The fourth-order valence-corrected chi connectivity index (χ4v) is 1.58. The Balaban J connectivity index is 2.01. The number of aryl methyl sites for hydroxylation is 1. The van der Waals surface area contributed by atoms with Crippen molar-refractivity contribution in [2.75, 3.05) is 0 Å². The fraction of sp³-hybridized carbons (Fsp3) is 0.143. The molecular weight excluding hydrogens is 258 g/mol. The van der Waals surface area contributed by atoms with Gasteiger partial charge in [-0.05, 0) is 31.2 Å². The molecule has 0 spiro atoms. The molecule has 2 N–H and O–H groups in total. The highest BCUT2D eigenvalue weighted by Gasteiger charge is 2.08. The highest BCUT2D eigenvalue weighted by atomic mass is 16.4. The van der Waals surface area contributed by atoms with Gasteiger partial charge in [-0.25, -0.2) is 4.79 Å². The summed E-state index contributed by atoms with van der Waals surface area (Å²) >= 11 is 0. The monoisotopic (exact) mass is 271 g/mol. The van der Waals surface area contributed by atoms with Gasteiger partial charge in [0, 0.05) is 18.1 Å². The van der Waals surface area contributed by atoms with Crippen LogP contribution in [0.25, 0.3) is 0 Å². The quantitative estimate of drug-likeness (QED) is 0.877. The van der Waals surface area contributed by atoms with E-state index in [0.29, 0.717) is 11.3 Å². The number of rotatable bonds is 4. The first-order valence-electron chi connectivity index (χ1n) is 5.95. The maximum atomic E-state index is 11.9. The van der Waals surface area contributed by atoms with Gasteiger partial charge >= 0.3 is 5.97 Å². The average Bonchev–Trinajstić information content (AvgIpc) is 2.46. The third-order valence-corrected chi connectivity index (χ3v) is 2.67. The highest BCUT2D eigenvalue weighted by molar-refractivity contribution is 5.93. The number of aromatic nitrogens is 2.